The first-order chi connectivity index (χ1) is 19.0. The molecule has 8 fully saturated rings. The van der Waals surface area contributed by atoms with E-state index in [-0.39, 0.29) is 11.3 Å². The molecule has 0 atom stereocenters. The first-order valence-electron chi connectivity index (χ1n) is 15.5. The van der Waals surface area contributed by atoms with Crippen LogP contribution in [0.15, 0.2) is 36.5 Å². The largest absolute Gasteiger partial charge is 0.380 e. The van der Waals surface area contributed by atoms with Crippen LogP contribution in [0.2, 0.25) is 0 Å². The highest BCUT2D eigenvalue weighted by molar-refractivity contribution is 5.96. The molecule has 2 aromatic heterocycles. The van der Waals surface area contributed by atoms with Crippen LogP contribution in [0.1, 0.15) is 77.0 Å². The molecule has 0 spiro atoms. The van der Waals surface area contributed by atoms with Crippen LogP contribution in [0.5, 0.6) is 0 Å². The maximum absolute atomic E-state index is 13.5. The van der Waals surface area contributed by atoms with Crippen molar-refractivity contribution in [2.24, 2.45) is 40.9 Å². The number of benzene rings is 1. The van der Waals surface area contributed by atoms with Crippen molar-refractivity contribution in [2.45, 2.75) is 82.6 Å². The fraction of sp³-hybridized carbons (Fsp3) is 0.606. The van der Waals surface area contributed by atoms with Crippen LogP contribution in [-0.4, -0.2) is 26.4 Å². The second-order valence-corrected chi connectivity index (χ2v) is 14.7. The molecule has 0 radical (unpaired) electrons. The zero-order chi connectivity index (χ0) is 25.8. The van der Waals surface area contributed by atoms with Gasteiger partial charge in [-0.1, -0.05) is 0 Å². The van der Waals surface area contributed by atoms with Gasteiger partial charge in [0.25, 0.3) is 0 Å². The van der Waals surface area contributed by atoms with Gasteiger partial charge < -0.3 is 15.6 Å². The number of amides is 1. The maximum atomic E-state index is 13.5. The number of anilines is 2. The van der Waals surface area contributed by atoms with E-state index < -0.39 is 0 Å². The maximum Gasteiger partial charge on any atom is 0.230 e. The molecule has 11 rings (SSSR count). The van der Waals surface area contributed by atoms with Crippen LogP contribution in [0, 0.1) is 40.9 Å². The number of aromatic amines is 1. The summed E-state index contributed by atoms with van der Waals surface area (Å²) in [6, 6.07) is 10.8. The summed E-state index contributed by atoms with van der Waals surface area (Å²) >= 11 is 0. The lowest BCUT2D eigenvalue weighted by molar-refractivity contribution is -0.140. The van der Waals surface area contributed by atoms with E-state index in [2.05, 4.69) is 44.9 Å². The molecule has 0 aliphatic heterocycles. The van der Waals surface area contributed by atoms with Gasteiger partial charge in [-0.05, 0) is 143 Å². The minimum Gasteiger partial charge on any atom is -0.380 e. The topological polar surface area (TPSA) is 82.7 Å². The molecule has 202 valence electrons. The summed E-state index contributed by atoms with van der Waals surface area (Å²) in [7, 11) is 0. The van der Waals surface area contributed by atoms with E-state index in [1.807, 2.05) is 6.07 Å². The van der Waals surface area contributed by atoms with Gasteiger partial charge in [-0.15, -0.1) is 0 Å². The molecular formula is C33H39N5O. The Hall–Kier alpha value is -2.89. The smallest absolute Gasteiger partial charge is 0.230 e. The number of hydrogen-bond acceptors (Lipinski definition) is 4. The average molecular weight is 522 g/mol. The highest BCUT2D eigenvalue weighted by Crippen LogP contribution is 2.60. The Morgan fingerprint density at radius 1 is 0.769 bits per heavy atom. The van der Waals surface area contributed by atoms with Crippen LogP contribution in [0.25, 0.3) is 22.6 Å². The van der Waals surface area contributed by atoms with Gasteiger partial charge >= 0.3 is 0 Å². The van der Waals surface area contributed by atoms with E-state index in [1.165, 1.54) is 63.5 Å². The van der Waals surface area contributed by atoms with E-state index >= 15 is 0 Å². The number of rotatable bonds is 5. The summed E-state index contributed by atoms with van der Waals surface area (Å²) in [6.07, 6.45) is 17.4. The van der Waals surface area contributed by atoms with Crippen molar-refractivity contribution in [2.75, 3.05) is 10.6 Å². The molecule has 39 heavy (non-hydrogen) atoms. The van der Waals surface area contributed by atoms with Crippen LogP contribution >= 0.6 is 0 Å². The zero-order valence-corrected chi connectivity index (χ0v) is 22.7. The van der Waals surface area contributed by atoms with E-state index in [9.17, 15) is 4.79 Å². The van der Waals surface area contributed by atoms with E-state index in [4.69, 9.17) is 4.98 Å². The predicted octanol–water partition coefficient (Wildman–Crippen LogP) is 7.16. The second-order valence-electron chi connectivity index (χ2n) is 14.7. The lowest BCUT2D eigenvalue weighted by atomic mass is 9.49. The van der Waals surface area contributed by atoms with Crippen molar-refractivity contribution in [1.29, 1.82) is 0 Å². The van der Waals surface area contributed by atoms with E-state index in [0.717, 1.165) is 77.4 Å². The van der Waals surface area contributed by atoms with E-state index in [0.29, 0.717) is 11.2 Å². The summed E-state index contributed by atoms with van der Waals surface area (Å²) < 4.78 is 0. The Morgan fingerprint density at radius 3 is 1.92 bits per heavy atom. The third-order valence-electron chi connectivity index (χ3n) is 11.7. The third kappa shape index (κ3) is 3.76. The molecule has 3 N–H and O–H groups in total. The van der Waals surface area contributed by atoms with Crippen molar-refractivity contribution in [3.63, 3.8) is 0 Å². The second kappa shape index (κ2) is 8.08. The predicted molar refractivity (Wildman–Crippen MR) is 153 cm³/mol. The first kappa shape index (κ1) is 22.9. The number of hydrogen-bond donors (Lipinski definition) is 3. The van der Waals surface area contributed by atoms with Crippen LogP contribution < -0.4 is 10.6 Å². The lowest BCUT2D eigenvalue weighted by Gasteiger charge is -2.57. The number of carbonyl (C=O) groups excluding carboxylic acids is 1. The molecule has 8 aliphatic rings. The molecule has 1 aromatic carbocycles. The highest BCUT2D eigenvalue weighted by atomic mass is 16.2. The normalized spacial score (nSPS) is 39.4. The molecule has 8 aliphatic carbocycles. The number of aromatic nitrogens is 3. The molecule has 8 saturated carbocycles. The molecular weight excluding hydrogens is 482 g/mol. The number of carbonyl (C=O) groups is 1. The van der Waals surface area contributed by atoms with Gasteiger partial charge in [0.2, 0.25) is 5.91 Å². The Labute approximate surface area is 230 Å². The van der Waals surface area contributed by atoms with Crippen molar-refractivity contribution < 1.29 is 4.79 Å². The van der Waals surface area contributed by atoms with Crippen molar-refractivity contribution in [3.05, 3.63) is 36.5 Å². The minimum absolute atomic E-state index is 0.158. The van der Waals surface area contributed by atoms with Crippen molar-refractivity contribution in [1.82, 2.24) is 15.0 Å². The van der Waals surface area contributed by atoms with Gasteiger partial charge in [-0.3, -0.25) is 4.79 Å². The molecule has 2 heterocycles. The molecule has 6 heteroatoms. The number of nitrogens with one attached hydrogen (secondary N) is 3. The van der Waals surface area contributed by atoms with Crippen LogP contribution in [-0.2, 0) is 4.79 Å². The van der Waals surface area contributed by atoms with Crippen LogP contribution in [0.4, 0.5) is 11.4 Å². The fourth-order valence-corrected chi connectivity index (χ4v) is 11.0. The van der Waals surface area contributed by atoms with Gasteiger partial charge in [0.15, 0.2) is 5.65 Å². The molecule has 3 aromatic rings. The summed E-state index contributed by atoms with van der Waals surface area (Å²) in [5.41, 5.74) is 4.77. The van der Waals surface area contributed by atoms with Crippen LogP contribution in [0.3, 0.4) is 0 Å². The fourth-order valence-electron chi connectivity index (χ4n) is 11.0. The molecule has 1 amide bonds. The Bertz CT molecular complexity index is 1380. The average Bonchev–Trinajstić information content (AvgIpc) is 3.31. The third-order valence-corrected chi connectivity index (χ3v) is 11.7. The Balaban J connectivity index is 0.917. The van der Waals surface area contributed by atoms with E-state index in [1.54, 1.807) is 6.20 Å². The number of imidazole rings is 1. The van der Waals surface area contributed by atoms with Crippen molar-refractivity contribution in [3.8, 4) is 11.4 Å². The number of nitrogens with zero attached hydrogens (tertiary/aromatic N) is 2. The minimum atomic E-state index is -0.158. The zero-order valence-electron chi connectivity index (χ0n) is 22.7. The first-order valence-corrected chi connectivity index (χ1v) is 15.5. The lowest BCUT2D eigenvalue weighted by Crippen LogP contribution is -2.54. The molecule has 6 nitrogen and oxygen atoms in total. The number of fused-ring (bicyclic) bond motifs is 1. The molecule has 0 saturated heterocycles. The monoisotopic (exact) mass is 521 g/mol. The number of pyridine rings is 1. The highest BCUT2D eigenvalue weighted by Gasteiger charge is 2.54. The summed E-state index contributed by atoms with van der Waals surface area (Å²) in [5, 5.41) is 7.23. The van der Waals surface area contributed by atoms with Crippen molar-refractivity contribution >= 4 is 28.4 Å². The Morgan fingerprint density at radius 2 is 1.33 bits per heavy atom. The van der Waals surface area contributed by atoms with Gasteiger partial charge in [-0.2, -0.15) is 0 Å². The summed E-state index contributed by atoms with van der Waals surface area (Å²) in [6.45, 7) is 0. The van der Waals surface area contributed by atoms with Gasteiger partial charge in [-0.25, -0.2) is 9.97 Å². The Kier molecular flexibility index (Phi) is 4.74. The van der Waals surface area contributed by atoms with Gasteiger partial charge in [0.05, 0.1) is 22.8 Å². The standard InChI is InChI=1S/C33H39N5O/c39-31(32-12-19-5-20(13-32)7-21(6-19)14-32)35-27-11-28-30(34-18-27)37-29(36-28)25-1-3-26(4-2-25)38-33-15-22-8-23(16-33)10-24(9-22)17-33/h1-4,11,18-24,38H,5-10,12-17H2,(H,35,39)(H,34,36,37). The van der Waals surface area contributed by atoms with Gasteiger partial charge in [0.1, 0.15) is 5.82 Å². The van der Waals surface area contributed by atoms with Gasteiger partial charge in [0, 0.05) is 16.8 Å². The molecule has 0 unspecified atom stereocenters. The molecule has 8 bridgehead atoms. The quantitative estimate of drug-likeness (QED) is 0.333. The SMILES string of the molecule is O=C(Nc1cnc2nc(-c3ccc(NC45CC6CC(CC(C6)C4)C5)cc3)[nH]c2c1)C12CC3CC(CC(C3)C1)C2. The summed E-state index contributed by atoms with van der Waals surface area (Å²) in [4.78, 5) is 26.3. The summed E-state index contributed by atoms with van der Waals surface area (Å²) in [5.74, 6) is 6.12. The number of H-pyrrole nitrogens is 1.